The maximum absolute atomic E-state index is 13.7. The highest BCUT2D eigenvalue weighted by molar-refractivity contribution is 6.42. The first kappa shape index (κ1) is 29.6. The Morgan fingerprint density at radius 1 is 0.951 bits per heavy atom. The summed E-state index contributed by atoms with van der Waals surface area (Å²) < 4.78 is 13.3. The highest BCUT2D eigenvalue weighted by Crippen LogP contribution is 2.57. The number of nitrogens with zero attached hydrogens (tertiary/aromatic N) is 1. The number of carbonyl (C=O) groups is 2. The van der Waals surface area contributed by atoms with Gasteiger partial charge in [-0.3, -0.25) is 9.59 Å². The minimum Gasteiger partial charge on any atom is -0.355 e. The predicted octanol–water partition coefficient (Wildman–Crippen LogP) is 6.27. The van der Waals surface area contributed by atoms with Crippen LogP contribution in [0.3, 0.4) is 0 Å². The Morgan fingerprint density at radius 2 is 1.66 bits per heavy atom. The number of benzene rings is 3. The molecule has 2 amide bonds. The van der Waals surface area contributed by atoms with Gasteiger partial charge in [0.15, 0.2) is 0 Å². The lowest BCUT2D eigenvalue weighted by molar-refractivity contribution is -0.124. The predicted molar refractivity (Wildman–Crippen MR) is 162 cm³/mol. The van der Waals surface area contributed by atoms with Crippen molar-refractivity contribution in [1.29, 1.82) is 0 Å². The van der Waals surface area contributed by atoms with Crippen molar-refractivity contribution < 1.29 is 14.0 Å². The van der Waals surface area contributed by atoms with Crippen molar-refractivity contribution in [3.05, 3.63) is 105 Å². The largest absolute Gasteiger partial charge is 0.355 e. The lowest BCUT2D eigenvalue weighted by Crippen LogP contribution is -2.52. The average Bonchev–Trinajstić information content (AvgIpc) is 3.71. The van der Waals surface area contributed by atoms with Crippen LogP contribution < -0.4 is 10.6 Å². The van der Waals surface area contributed by atoms with Crippen LogP contribution in [0.15, 0.2) is 72.8 Å². The highest BCUT2D eigenvalue weighted by atomic mass is 35.5. The number of carbonyl (C=O) groups excluding carboxylic acids is 2. The van der Waals surface area contributed by atoms with Gasteiger partial charge in [-0.25, -0.2) is 4.39 Å². The standard InChI is InChI=1S/C33H36Cl2FN3O2/c1-23(40)38-32(25-5-3-2-4-6-25)15-19-39(20-16-32)18-14-27-22-33(27,26-9-12-29(34)30(35)21-26)31(41)37-17-13-24-7-10-28(36)11-8-24/h2-12,21,27H,13-20,22H2,1H3,(H,37,41)(H,38,40)/t27-,33-/m1/s1. The molecule has 0 spiro atoms. The number of hydrogen-bond donors (Lipinski definition) is 2. The third-order valence-corrected chi connectivity index (χ3v) is 9.54. The zero-order valence-corrected chi connectivity index (χ0v) is 24.8. The van der Waals surface area contributed by atoms with Gasteiger partial charge in [-0.2, -0.15) is 0 Å². The van der Waals surface area contributed by atoms with Gasteiger partial charge in [0.1, 0.15) is 5.82 Å². The molecule has 1 saturated carbocycles. The second-order valence-corrected chi connectivity index (χ2v) is 12.2. The highest BCUT2D eigenvalue weighted by Gasteiger charge is 2.60. The van der Waals surface area contributed by atoms with Gasteiger partial charge in [0, 0.05) is 26.6 Å². The van der Waals surface area contributed by atoms with Crippen LogP contribution in [-0.4, -0.2) is 42.9 Å². The summed E-state index contributed by atoms with van der Waals surface area (Å²) in [5.74, 6) is -0.110. The zero-order chi connectivity index (χ0) is 29.0. The molecule has 0 unspecified atom stereocenters. The van der Waals surface area contributed by atoms with Gasteiger partial charge in [0.05, 0.1) is 21.0 Å². The monoisotopic (exact) mass is 595 g/mol. The zero-order valence-electron chi connectivity index (χ0n) is 23.3. The van der Waals surface area contributed by atoms with Crippen molar-refractivity contribution in [3.63, 3.8) is 0 Å². The first-order chi connectivity index (χ1) is 19.7. The Hall–Kier alpha value is -2.93. The van der Waals surface area contributed by atoms with Crippen molar-refractivity contribution in [1.82, 2.24) is 15.5 Å². The molecule has 2 atom stereocenters. The van der Waals surface area contributed by atoms with Crippen molar-refractivity contribution in [2.75, 3.05) is 26.2 Å². The van der Waals surface area contributed by atoms with Gasteiger partial charge in [0.2, 0.25) is 11.8 Å². The molecule has 5 rings (SSSR count). The van der Waals surface area contributed by atoms with Crippen LogP contribution >= 0.6 is 23.2 Å². The SMILES string of the molecule is CC(=O)NC1(c2ccccc2)CCN(CC[C@@H]2C[C@@]2(C(=O)NCCc2ccc(F)cc2)c2ccc(Cl)c(Cl)c2)CC1. The van der Waals surface area contributed by atoms with E-state index in [-0.39, 0.29) is 29.1 Å². The Bertz CT molecular complexity index is 1380. The van der Waals surface area contributed by atoms with E-state index in [0.29, 0.717) is 23.0 Å². The normalized spacial score (nSPS) is 21.7. The molecular weight excluding hydrogens is 560 g/mol. The molecule has 1 aliphatic heterocycles. The summed E-state index contributed by atoms with van der Waals surface area (Å²) in [5.41, 5.74) is 2.02. The molecule has 5 nitrogen and oxygen atoms in total. The molecule has 2 N–H and O–H groups in total. The average molecular weight is 597 g/mol. The number of hydrogen-bond acceptors (Lipinski definition) is 3. The molecule has 0 radical (unpaired) electrons. The molecule has 2 aliphatic rings. The number of nitrogens with one attached hydrogen (secondary N) is 2. The summed E-state index contributed by atoms with van der Waals surface area (Å²) in [5, 5.41) is 7.29. The molecule has 1 aliphatic carbocycles. The summed E-state index contributed by atoms with van der Waals surface area (Å²) in [6.45, 7) is 4.66. The van der Waals surface area contributed by atoms with Gasteiger partial charge in [0.25, 0.3) is 0 Å². The van der Waals surface area contributed by atoms with Gasteiger partial charge >= 0.3 is 0 Å². The summed E-state index contributed by atoms with van der Waals surface area (Å²) in [6.07, 6.45) is 3.93. The lowest BCUT2D eigenvalue weighted by atomic mass is 9.80. The van der Waals surface area contributed by atoms with E-state index in [1.54, 1.807) is 25.1 Å². The Kier molecular flexibility index (Phi) is 9.03. The molecule has 41 heavy (non-hydrogen) atoms. The van der Waals surface area contributed by atoms with E-state index in [9.17, 15) is 14.0 Å². The van der Waals surface area contributed by atoms with Crippen molar-refractivity contribution in [3.8, 4) is 0 Å². The fourth-order valence-electron chi connectivity index (χ4n) is 6.42. The molecule has 1 saturated heterocycles. The molecule has 3 aromatic rings. The lowest BCUT2D eigenvalue weighted by Gasteiger charge is -2.42. The fraction of sp³-hybridized carbons (Fsp3) is 0.394. The number of amides is 2. The molecule has 0 aromatic heterocycles. The molecule has 2 fully saturated rings. The van der Waals surface area contributed by atoms with Crippen molar-refractivity contribution >= 4 is 35.0 Å². The van der Waals surface area contributed by atoms with Crippen molar-refractivity contribution in [2.24, 2.45) is 5.92 Å². The summed E-state index contributed by atoms with van der Waals surface area (Å²) in [6, 6.07) is 22.1. The van der Waals surface area contributed by atoms with E-state index >= 15 is 0 Å². The van der Waals surface area contributed by atoms with E-state index in [2.05, 4.69) is 27.7 Å². The van der Waals surface area contributed by atoms with Gasteiger partial charge in [-0.1, -0.05) is 71.7 Å². The van der Waals surface area contributed by atoms with Crippen LogP contribution in [-0.2, 0) is 27.0 Å². The van der Waals surface area contributed by atoms with Gasteiger partial charge in [-0.15, -0.1) is 0 Å². The first-order valence-corrected chi connectivity index (χ1v) is 15.0. The van der Waals surface area contributed by atoms with Crippen molar-refractivity contribution in [2.45, 2.75) is 50.0 Å². The minimum absolute atomic E-state index is 0.00426. The van der Waals surface area contributed by atoms with Gasteiger partial charge < -0.3 is 15.5 Å². The van der Waals surface area contributed by atoms with E-state index in [1.165, 1.54) is 12.1 Å². The summed E-state index contributed by atoms with van der Waals surface area (Å²) in [7, 11) is 0. The van der Waals surface area contributed by atoms with Crippen LogP contribution in [0.5, 0.6) is 0 Å². The smallest absolute Gasteiger partial charge is 0.230 e. The van der Waals surface area contributed by atoms with Crippen LogP contribution in [0.1, 0.15) is 49.3 Å². The van der Waals surface area contributed by atoms with Crippen LogP contribution in [0.25, 0.3) is 0 Å². The molecule has 3 aromatic carbocycles. The molecule has 1 heterocycles. The Balaban J connectivity index is 1.23. The quantitative estimate of drug-likeness (QED) is 0.290. The van der Waals surface area contributed by atoms with Gasteiger partial charge in [-0.05, 0) is 85.5 Å². The second kappa shape index (κ2) is 12.5. The maximum Gasteiger partial charge on any atom is 0.230 e. The van der Waals surface area contributed by atoms with E-state index in [0.717, 1.165) is 62.0 Å². The third-order valence-electron chi connectivity index (χ3n) is 8.80. The third kappa shape index (κ3) is 6.61. The van der Waals surface area contributed by atoms with E-state index in [1.807, 2.05) is 30.3 Å². The molecular formula is C33H36Cl2FN3O2. The summed E-state index contributed by atoms with van der Waals surface area (Å²) >= 11 is 12.6. The van der Waals surface area contributed by atoms with E-state index in [4.69, 9.17) is 23.2 Å². The first-order valence-electron chi connectivity index (χ1n) is 14.3. The number of rotatable bonds is 10. The fourth-order valence-corrected chi connectivity index (χ4v) is 6.72. The Morgan fingerprint density at radius 3 is 2.32 bits per heavy atom. The topological polar surface area (TPSA) is 61.4 Å². The maximum atomic E-state index is 13.7. The summed E-state index contributed by atoms with van der Waals surface area (Å²) in [4.78, 5) is 28.2. The number of likely N-dealkylation sites (tertiary alicyclic amines) is 1. The molecule has 216 valence electrons. The van der Waals surface area contributed by atoms with E-state index < -0.39 is 5.41 Å². The number of piperidine rings is 1. The minimum atomic E-state index is -0.642. The molecule has 8 heteroatoms. The second-order valence-electron chi connectivity index (χ2n) is 11.4. The Labute approximate surface area is 251 Å². The molecule has 0 bridgehead atoms. The van der Waals surface area contributed by atoms with Crippen LogP contribution in [0.2, 0.25) is 10.0 Å². The number of halogens is 3. The van der Waals surface area contributed by atoms with Crippen LogP contribution in [0, 0.1) is 11.7 Å². The van der Waals surface area contributed by atoms with Crippen LogP contribution in [0.4, 0.5) is 4.39 Å².